The molecule has 3 fully saturated rings. The zero-order valence-corrected chi connectivity index (χ0v) is 20.1. The Labute approximate surface area is 187 Å². The molecule has 1 aliphatic carbocycles. The molecule has 2 aliphatic heterocycles. The number of carbonyl (C=O) groups excluding carboxylic acids is 3. The number of hydrogen-bond acceptors (Lipinski definition) is 5. The average Bonchev–Trinajstić information content (AvgIpc) is 2.92. The summed E-state index contributed by atoms with van der Waals surface area (Å²) in [5, 5.41) is 2.92. The van der Waals surface area contributed by atoms with E-state index in [1.807, 2.05) is 0 Å². The highest BCUT2D eigenvalue weighted by Gasteiger charge is 2.55. The van der Waals surface area contributed by atoms with Gasteiger partial charge in [-0.2, -0.15) is 0 Å². The van der Waals surface area contributed by atoms with E-state index in [4.69, 9.17) is 4.74 Å². The van der Waals surface area contributed by atoms with Crippen LogP contribution >= 0.6 is 0 Å². The van der Waals surface area contributed by atoms with Crippen LogP contribution in [0.4, 0.5) is 4.79 Å². The van der Waals surface area contributed by atoms with Crippen LogP contribution in [0.3, 0.4) is 0 Å². The van der Waals surface area contributed by atoms with Gasteiger partial charge in [-0.25, -0.2) is 14.5 Å². The Morgan fingerprint density at radius 2 is 1.77 bits per heavy atom. The van der Waals surface area contributed by atoms with Gasteiger partial charge < -0.3 is 15.0 Å². The van der Waals surface area contributed by atoms with Gasteiger partial charge in [-0.15, -0.1) is 0 Å². The Morgan fingerprint density at radius 1 is 1.13 bits per heavy atom. The number of hydrogen-bond donors (Lipinski definition) is 1. The fraction of sp³-hybridized carbons (Fsp3) is 0.875. The number of ether oxygens (including phenoxy) is 1. The van der Waals surface area contributed by atoms with Gasteiger partial charge in [0.15, 0.2) is 0 Å². The largest absolute Gasteiger partial charge is 0.461 e. The molecule has 2 saturated heterocycles. The van der Waals surface area contributed by atoms with E-state index in [2.05, 4.69) is 44.8 Å². The van der Waals surface area contributed by atoms with E-state index in [1.54, 1.807) is 6.92 Å². The molecule has 31 heavy (non-hydrogen) atoms. The molecule has 3 rings (SSSR count). The number of piperidine rings is 1. The van der Waals surface area contributed by atoms with E-state index in [1.165, 1.54) is 0 Å². The number of rotatable bonds is 6. The number of nitrogens with one attached hydrogen (secondary N) is 1. The van der Waals surface area contributed by atoms with E-state index in [0.29, 0.717) is 36.5 Å². The van der Waals surface area contributed by atoms with Crippen molar-refractivity contribution < 1.29 is 19.1 Å². The molecule has 0 bridgehead atoms. The van der Waals surface area contributed by atoms with Crippen molar-refractivity contribution in [1.82, 2.24) is 15.1 Å². The Kier molecular flexibility index (Phi) is 7.34. The number of esters is 1. The minimum Gasteiger partial charge on any atom is -0.461 e. The van der Waals surface area contributed by atoms with E-state index in [0.717, 1.165) is 43.8 Å². The predicted molar refractivity (Wildman–Crippen MR) is 119 cm³/mol. The van der Waals surface area contributed by atoms with Gasteiger partial charge >= 0.3 is 12.0 Å². The summed E-state index contributed by atoms with van der Waals surface area (Å²) in [7, 11) is 0. The lowest BCUT2D eigenvalue weighted by Crippen LogP contribution is -2.56. The third kappa shape index (κ3) is 5.07. The number of imide groups is 1. The van der Waals surface area contributed by atoms with E-state index in [9.17, 15) is 14.4 Å². The van der Waals surface area contributed by atoms with Crippen LogP contribution in [-0.2, 0) is 14.3 Å². The summed E-state index contributed by atoms with van der Waals surface area (Å²) in [5.41, 5.74) is -0.876. The van der Waals surface area contributed by atoms with Crippen LogP contribution in [0.2, 0.25) is 0 Å². The van der Waals surface area contributed by atoms with Crippen molar-refractivity contribution in [3.8, 4) is 0 Å². The minimum absolute atomic E-state index is 0.146. The fourth-order valence-electron chi connectivity index (χ4n) is 5.57. The maximum absolute atomic E-state index is 13.3. The Hall–Kier alpha value is -1.63. The van der Waals surface area contributed by atoms with Gasteiger partial charge in [0.2, 0.25) is 0 Å². The first kappa shape index (κ1) is 24.0. The fourth-order valence-corrected chi connectivity index (χ4v) is 5.57. The average molecular weight is 436 g/mol. The number of likely N-dealkylation sites (tertiary alicyclic amines) is 1. The molecule has 3 aliphatic rings. The molecule has 0 radical (unpaired) electrons. The molecule has 0 aromatic heterocycles. The number of carbonyl (C=O) groups is 3. The standard InChI is InChI=1S/C24H41N3O4/c1-15(2)14-26-11-9-24(10-12-26)22(29)27(23(30)25-24)18(6)21(28)31-20-13-17(5)7-8-19(20)16(3)4/h15-20H,7-14H2,1-6H3,(H,25,30). The highest BCUT2D eigenvalue weighted by molar-refractivity contribution is 6.09. The molecule has 3 amide bonds. The maximum Gasteiger partial charge on any atom is 0.329 e. The van der Waals surface area contributed by atoms with Crippen molar-refractivity contribution in [1.29, 1.82) is 0 Å². The van der Waals surface area contributed by atoms with Gasteiger partial charge in [-0.3, -0.25) is 4.79 Å². The van der Waals surface area contributed by atoms with Gasteiger partial charge in [-0.1, -0.05) is 41.0 Å². The third-order valence-corrected chi connectivity index (χ3v) is 7.48. The molecule has 1 spiro atoms. The van der Waals surface area contributed by atoms with Crippen LogP contribution in [0.1, 0.15) is 73.6 Å². The normalized spacial score (nSPS) is 30.2. The topological polar surface area (TPSA) is 79.0 Å². The SMILES string of the molecule is CC(C)CN1CCC2(CC1)NC(=O)N(C(C)C(=O)OC1CC(C)CCC1C(C)C)C2=O. The molecule has 0 aromatic rings. The molecule has 4 atom stereocenters. The highest BCUT2D eigenvalue weighted by Crippen LogP contribution is 2.36. The van der Waals surface area contributed by atoms with E-state index in [-0.39, 0.29) is 12.0 Å². The predicted octanol–water partition coefficient (Wildman–Crippen LogP) is 3.42. The molecular weight excluding hydrogens is 394 g/mol. The summed E-state index contributed by atoms with van der Waals surface area (Å²) in [6, 6.07) is -1.38. The summed E-state index contributed by atoms with van der Waals surface area (Å²) in [4.78, 5) is 42.5. The quantitative estimate of drug-likeness (QED) is 0.511. The minimum atomic E-state index is -0.911. The number of nitrogens with zero attached hydrogens (tertiary/aromatic N) is 2. The Morgan fingerprint density at radius 3 is 2.35 bits per heavy atom. The molecule has 7 nitrogen and oxygen atoms in total. The van der Waals surface area contributed by atoms with Crippen molar-refractivity contribution in [2.45, 2.75) is 91.3 Å². The molecule has 4 unspecified atom stereocenters. The summed E-state index contributed by atoms with van der Waals surface area (Å²) in [5.74, 6) is 1.08. The first-order chi connectivity index (χ1) is 14.5. The van der Waals surface area contributed by atoms with Crippen molar-refractivity contribution in [2.24, 2.45) is 23.7 Å². The lowest BCUT2D eigenvalue weighted by Gasteiger charge is -2.38. The van der Waals surface area contributed by atoms with Crippen LogP contribution in [0.5, 0.6) is 0 Å². The van der Waals surface area contributed by atoms with Crippen molar-refractivity contribution in [3.05, 3.63) is 0 Å². The lowest BCUT2D eigenvalue weighted by atomic mass is 9.75. The Balaban J connectivity index is 1.65. The van der Waals surface area contributed by atoms with Gasteiger partial charge in [0.1, 0.15) is 17.7 Å². The highest BCUT2D eigenvalue weighted by atomic mass is 16.5. The smallest absolute Gasteiger partial charge is 0.329 e. The van der Waals surface area contributed by atoms with Gasteiger partial charge in [0.25, 0.3) is 5.91 Å². The van der Waals surface area contributed by atoms with Gasteiger partial charge in [0.05, 0.1) is 0 Å². The molecule has 1 saturated carbocycles. The zero-order valence-electron chi connectivity index (χ0n) is 20.1. The Bertz CT molecular complexity index is 684. The van der Waals surface area contributed by atoms with Crippen molar-refractivity contribution in [3.63, 3.8) is 0 Å². The van der Waals surface area contributed by atoms with Crippen molar-refractivity contribution >= 4 is 17.9 Å². The first-order valence-corrected chi connectivity index (χ1v) is 12.1. The van der Waals surface area contributed by atoms with Crippen LogP contribution in [0.25, 0.3) is 0 Å². The maximum atomic E-state index is 13.3. The molecule has 0 aromatic carbocycles. The second-order valence-corrected chi connectivity index (χ2v) is 10.9. The van der Waals surface area contributed by atoms with E-state index < -0.39 is 23.6 Å². The number of amides is 3. The molecule has 176 valence electrons. The lowest BCUT2D eigenvalue weighted by molar-refractivity contribution is -0.163. The summed E-state index contributed by atoms with van der Waals surface area (Å²) < 4.78 is 5.92. The number of urea groups is 1. The van der Waals surface area contributed by atoms with Crippen molar-refractivity contribution in [2.75, 3.05) is 19.6 Å². The summed E-state index contributed by atoms with van der Waals surface area (Å²) >= 11 is 0. The molecular formula is C24H41N3O4. The first-order valence-electron chi connectivity index (χ1n) is 12.1. The zero-order chi connectivity index (χ0) is 22.9. The van der Waals surface area contributed by atoms with Crippen LogP contribution in [0, 0.1) is 23.7 Å². The van der Waals surface area contributed by atoms with Crippen LogP contribution < -0.4 is 5.32 Å². The third-order valence-electron chi connectivity index (χ3n) is 7.48. The second-order valence-electron chi connectivity index (χ2n) is 10.9. The summed E-state index contributed by atoms with van der Waals surface area (Å²) in [6.45, 7) is 15.0. The van der Waals surface area contributed by atoms with Crippen LogP contribution in [0.15, 0.2) is 0 Å². The molecule has 1 N–H and O–H groups in total. The van der Waals surface area contributed by atoms with Crippen LogP contribution in [-0.4, -0.2) is 65.0 Å². The summed E-state index contributed by atoms with van der Waals surface area (Å²) in [6.07, 6.45) is 4.06. The van der Waals surface area contributed by atoms with Gasteiger partial charge in [-0.05, 0) is 56.3 Å². The molecule has 7 heteroatoms. The van der Waals surface area contributed by atoms with E-state index >= 15 is 0 Å². The second kappa shape index (κ2) is 9.47. The monoisotopic (exact) mass is 435 g/mol. The van der Waals surface area contributed by atoms with Gasteiger partial charge in [0, 0.05) is 19.6 Å². The molecule has 2 heterocycles.